The molecular weight excluding hydrogens is 274 g/mol. The third-order valence-corrected chi connectivity index (χ3v) is 3.26. The average molecular weight is 293 g/mol. The lowest BCUT2D eigenvalue weighted by Crippen LogP contribution is -2.42. The fraction of sp³-hybridized carbons (Fsp3) is 0.571. The van der Waals surface area contributed by atoms with E-state index in [4.69, 9.17) is 9.84 Å². The third kappa shape index (κ3) is 4.22. The molecule has 1 saturated heterocycles. The summed E-state index contributed by atoms with van der Waals surface area (Å²) in [7, 11) is 0. The van der Waals surface area contributed by atoms with Crippen molar-refractivity contribution in [3.63, 3.8) is 0 Å². The van der Waals surface area contributed by atoms with E-state index in [1.54, 1.807) is 4.90 Å². The highest BCUT2D eigenvalue weighted by atomic mass is 16.5. The normalized spacial score (nSPS) is 18.6. The number of nitrogens with zero attached hydrogens (tertiary/aromatic N) is 3. The Bertz CT molecular complexity index is 527. The van der Waals surface area contributed by atoms with E-state index in [2.05, 4.69) is 9.97 Å². The molecule has 1 aliphatic rings. The number of hydrogen-bond acceptors (Lipinski definition) is 5. The van der Waals surface area contributed by atoms with Crippen LogP contribution in [0, 0.1) is 13.8 Å². The molecule has 0 unspecified atom stereocenters. The van der Waals surface area contributed by atoms with Crippen molar-refractivity contribution in [1.82, 2.24) is 14.9 Å². The van der Waals surface area contributed by atoms with Gasteiger partial charge in [-0.2, -0.15) is 0 Å². The molecule has 1 aromatic heterocycles. The number of aliphatic carboxylic acids is 1. The molecule has 1 aromatic rings. The molecule has 0 aromatic carbocycles. The van der Waals surface area contributed by atoms with E-state index in [-0.39, 0.29) is 24.9 Å². The molecule has 114 valence electrons. The molecule has 1 N–H and O–H groups in total. The van der Waals surface area contributed by atoms with Gasteiger partial charge in [0.2, 0.25) is 5.91 Å². The Labute approximate surface area is 123 Å². The quantitative estimate of drug-likeness (QED) is 0.885. The molecule has 0 radical (unpaired) electrons. The zero-order chi connectivity index (χ0) is 15.4. The van der Waals surface area contributed by atoms with E-state index in [1.807, 2.05) is 19.9 Å². The van der Waals surface area contributed by atoms with E-state index >= 15 is 0 Å². The highest BCUT2D eigenvalue weighted by Crippen LogP contribution is 2.20. The molecule has 1 aliphatic heterocycles. The Morgan fingerprint density at radius 1 is 1.33 bits per heavy atom. The van der Waals surface area contributed by atoms with Gasteiger partial charge in [0, 0.05) is 24.4 Å². The standard InChI is InChI=1S/C14H19N3O4/c1-9-7-10(2)16-14(15-9)11-8-17(5-6-21-11)12(18)3-4-13(19)20/h7,11H,3-6,8H2,1-2H3,(H,19,20)/t11-/m1/s1. The van der Waals surface area contributed by atoms with Crippen molar-refractivity contribution < 1.29 is 19.4 Å². The summed E-state index contributed by atoms with van der Waals surface area (Å²) in [6, 6.07) is 1.88. The lowest BCUT2D eigenvalue weighted by atomic mass is 10.2. The van der Waals surface area contributed by atoms with Gasteiger partial charge in [0.25, 0.3) is 0 Å². The van der Waals surface area contributed by atoms with Crippen LogP contribution in [-0.2, 0) is 14.3 Å². The van der Waals surface area contributed by atoms with Crippen LogP contribution in [-0.4, -0.2) is 51.5 Å². The summed E-state index contributed by atoms with van der Waals surface area (Å²) in [5.74, 6) is -0.566. The lowest BCUT2D eigenvalue weighted by molar-refractivity contribution is -0.144. The summed E-state index contributed by atoms with van der Waals surface area (Å²) >= 11 is 0. The first-order chi connectivity index (χ1) is 9.95. The SMILES string of the molecule is Cc1cc(C)nc([C@H]2CN(C(=O)CCC(=O)O)CCO2)n1. The Hall–Kier alpha value is -2.02. The Balaban J connectivity index is 2.03. The Kier molecular flexibility index (Phi) is 4.85. The second-order valence-corrected chi connectivity index (χ2v) is 5.10. The van der Waals surface area contributed by atoms with Crippen molar-refractivity contribution in [2.45, 2.75) is 32.8 Å². The van der Waals surface area contributed by atoms with Gasteiger partial charge < -0.3 is 14.7 Å². The molecule has 2 heterocycles. The van der Waals surface area contributed by atoms with Gasteiger partial charge in [-0.15, -0.1) is 0 Å². The van der Waals surface area contributed by atoms with Crippen molar-refractivity contribution >= 4 is 11.9 Å². The zero-order valence-electron chi connectivity index (χ0n) is 12.2. The molecule has 0 saturated carbocycles. The van der Waals surface area contributed by atoms with Gasteiger partial charge in [0.05, 0.1) is 19.6 Å². The molecule has 2 rings (SSSR count). The molecule has 21 heavy (non-hydrogen) atoms. The fourth-order valence-corrected chi connectivity index (χ4v) is 2.30. The summed E-state index contributed by atoms with van der Waals surface area (Å²) in [5.41, 5.74) is 1.71. The summed E-state index contributed by atoms with van der Waals surface area (Å²) in [4.78, 5) is 32.8. The first-order valence-corrected chi connectivity index (χ1v) is 6.89. The zero-order valence-corrected chi connectivity index (χ0v) is 12.2. The van der Waals surface area contributed by atoms with Crippen LogP contribution >= 0.6 is 0 Å². The number of amides is 1. The van der Waals surface area contributed by atoms with Gasteiger partial charge >= 0.3 is 5.97 Å². The number of aromatic nitrogens is 2. The highest BCUT2D eigenvalue weighted by Gasteiger charge is 2.27. The van der Waals surface area contributed by atoms with E-state index in [0.717, 1.165) is 11.4 Å². The monoisotopic (exact) mass is 293 g/mol. The minimum atomic E-state index is -0.967. The highest BCUT2D eigenvalue weighted by molar-refractivity contribution is 5.80. The molecule has 0 aliphatic carbocycles. The fourth-order valence-electron chi connectivity index (χ4n) is 2.30. The lowest BCUT2D eigenvalue weighted by Gasteiger charge is -2.32. The van der Waals surface area contributed by atoms with E-state index in [0.29, 0.717) is 25.5 Å². The van der Waals surface area contributed by atoms with Gasteiger partial charge in [-0.25, -0.2) is 9.97 Å². The number of aryl methyl sites for hydroxylation is 2. The first kappa shape index (κ1) is 15.4. The predicted molar refractivity (Wildman–Crippen MR) is 73.6 cm³/mol. The van der Waals surface area contributed by atoms with E-state index < -0.39 is 5.97 Å². The number of morpholine rings is 1. The van der Waals surface area contributed by atoms with Crippen molar-refractivity contribution in [3.05, 3.63) is 23.3 Å². The smallest absolute Gasteiger partial charge is 0.303 e. The molecular formula is C14H19N3O4. The van der Waals surface area contributed by atoms with Gasteiger partial charge in [0.15, 0.2) is 5.82 Å². The number of rotatable bonds is 4. The van der Waals surface area contributed by atoms with E-state index in [9.17, 15) is 9.59 Å². The molecule has 1 fully saturated rings. The maximum atomic E-state index is 12.0. The second-order valence-electron chi connectivity index (χ2n) is 5.10. The first-order valence-electron chi connectivity index (χ1n) is 6.89. The second kappa shape index (κ2) is 6.62. The molecule has 1 amide bonds. The van der Waals surface area contributed by atoms with Crippen molar-refractivity contribution in [2.75, 3.05) is 19.7 Å². The van der Waals surface area contributed by atoms with Gasteiger partial charge in [-0.3, -0.25) is 9.59 Å². The average Bonchev–Trinajstić information content (AvgIpc) is 2.44. The number of carbonyl (C=O) groups excluding carboxylic acids is 1. The number of carbonyl (C=O) groups is 2. The number of carboxylic acids is 1. The molecule has 7 nitrogen and oxygen atoms in total. The Morgan fingerprint density at radius 2 is 2.00 bits per heavy atom. The summed E-state index contributed by atoms with van der Waals surface area (Å²) in [6.45, 7) is 5.01. The third-order valence-electron chi connectivity index (χ3n) is 3.26. The van der Waals surface area contributed by atoms with Crippen molar-refractivity contribution in [3.8, 4) is 0 Å². The number of hydrogen-bond donors (Lipinski definition) is 1. The molecule has 1 atom stereocenters. The largest absolute Gasteiger partial charge is 0.481 e. The topological polar surface area (TPSA) is 92.6 Å². The van der Waals surface area contributed by atoms with Crippen molar-refractivity contribution in [1.29, 1.82) is 0 Å². The molecule has 0 bridgehead atoms. The van der Waals surface area contributed by atoms with Crippen LogP contribution in [0.5, 0.6) is 0 Å². The van der Waals surface area contributed by atoms with Gasteiger partial charge in [-0.1, -0.05) is 0 Å². The van der Waals surface area contributed by atoms with Crippen LogP contribution in [0.4, 0.5) is 0 Å². The van der Waals surface area contributed by atoms with Crippen LogP contribution in [0.25, 0.3) is 0 Å². The number of carboxylic acid groups (broad SMARTS) is 1. The van der Waals surface area contributed by atoms with Gasteiger partial charge in [-0.05, 0) is 19.9 Å². The maximum absolute atomic E-state index is 12.0. The summed E-state index contributed by atoms with van der Waals surface area (Å²) in [5, 5.41) is 8.64. The van der Waals surface area contributed by atoms with Gasteiger partial charge in [0.1, 0.15) is 6.10 Å². The van der Waals surface area contributed by atoms with Crippen LogP contribution in [0.15, 0.2) is 6.07 Å². The minimum Gasteiger partial charge on any atom is -0.481 e. The minimum absolute atomic E-state index is 0.00968. The summed E-state index contributed by atoms with van der Waals surface area (Å²) in [6.07, 6.45) is -0.498. The number of ether oxygens (including phenoxy) is 1. The van der Waals surface area contributed by atoms with Crippen LogP contribution in [0.3, 0.4) is 0 Å². The Morgan fingerprint density at radius 3 is 2.62 bits per heavy atom. The van der Waals surface area contributed by atoms with Crippen LogP contribution in [0.2, 0.25) is 0 Å². The summed E-state index contributed by atoms with van der Waals surface area (Å²) < 4.78 is 5.64. The van der Waals surface area contributed by atoms with Crippen molar-refractivity contribution in [2.24, 2.45) is 0 Å². The van der Waals surface area contributed by atoms with Crippen LogP contribution < -0.4 is 0 Å². The van der Waals surface area contributed by atoms with E-state index in [1.165, 1.54) is 0 Å². The maximum Gasteiger partial charge on any atom is 0.303 e. The van der Waals surface area contributed by atoms with Crippen LogP contribution in [0.1, 0.15) is 36.2 Å². The molecule has 0 spiro atoms. The molecule has 7 heteroatoms. The predicted octanol–water partition coefficient (Wildman–Crippen LogP) is 0.858.